The van der Waals surface area contributed by atoms with Crippen molar-refractivity contribution in [2.45, 2.75) is 58.4 Å². The summed E-state index contributed by atoms with van der Waals surface area (Å²) < 4.78 is 1.97. The second-order valence-corrected chi connectivity index (χ2v) is 9.58. The molecule has 3 rings (SSSR count). The summed E-state index contributed by atoms with van der Waals surface area (Å²) in [5.41, 5.74) is 2.77. The van der Waals surface area contributed by atoms with Gasteiger partial charge < -0.3 is 15.2 Å². The molecule has 1 aromatic heterocycles. The third kappa shape index (κ3) is 6.47. The second-order valence-electron chi connectivity index (χ2n) is 8.63. The lowest BCUT2D eigenvalue weighted by Crippen LogP contribution is -2.33. The number of thioether (sulfide) groups is 1. The van der Waals surface area contributed by atoms with Gasteiger partial charge in [0.15, 0.2) is 11.0 Å². The SMILES string of the molecule is CCn1c(SCC(=O)NC(C)c2ccccc2)nnc1C(NC(=O)c1ccc(C)cc1)C(C)C. The Morgan fingerprint density at radius 3 is 2.26 bits per heavy atom. The molecule has 1 heterocycles. The fraction of sp³-hybridized carbons (Fsp3) is 0.385. The van der Waals surface area contributed by atoms with Crippen molar-refractivity contribution in [3.63, 3.8) is 0 Å². The maximum absolute atomic E-state index is 12.9. The number of carbonyl (C=O) groups excluding carboxylic acids is 2. The van der Waals surface area contributed by atoms with Crippen molar-refractivity contribution in [3.8, 4) is 0 Å². The largest absolute Gasteiger partial charge is 0.349 e. The average molecular weight is 480 g/mol. The Hall–Kier alpha value is -3.13. The molecule has 2 aromatic carbocycles. The highest BCUT2D eigenvalue weighted by atomic mass is 32.2. The van der Waals surface area contributed by atoms with Crippen LogP contribution in [0.5, 0.6) is 0 Å². The van der Waals surface area contributed by atoms with Crippen LogP contribution in [-0.2, 0) is 11.3 Å². The van der Waals surface area contributed by atoms with E-state index in [1.54, 1.807) is 0 Å². The third-order valence-corrected chi connectivity index (χ3v) is 6.58. The summed E-state index contributed by atoms with van der Waals surface area (Å²) in [5.74, 6) is 0.821. The number of aromatic nitrogens is 3. The van der Waals surface area contributed by atoms with Crippen molar-refractivity contribution in [1.82, 2.24) is 25.4 Å². The normalized spacial score (nSPS) is 12.9. The number of benzene rings is 2. The van der Waals surface area contributed by atoms with E-state index in [2.05, 4.69) is 20.8 Å². The summed E-state index contributed by atoms with van der Waals surface area (Å²) in [6.07, 6.45) is 0. The van der Waals surface area contributed by atoms with Crippen LogP contribution in [0.2, 0.25) is 0 Å². The topological polar surface area (TPSA) is 88.9 Å². The van der Waals surface area contributed by atoms with Crippen LogP contribution < -0.4 is 10.6 Å². The van der Waals surface area contributed by atoms with Gasteiger partial charge in [0.1, 0.15) is 0 Å². The van der Waals surface area contributed by atoms with Crippen molar-refractivity contribution in [2.24, 2.45) is 5.92 Å². The molecule has 0 saturated carbocycles. The number of aryl methyl sites for hydroxylation is 1. The number of hydrogen-bond acceptors (Lipinski definition) is 5. The van der Waals surface area contributed by atoms with Crippen LogP contribution in [0.25, 0.3) is 0 Å². The van der Waals surface area contributed by atoms with Crippen molar-refractivity contribution >= 4 is 23.6 Å². The maximum atomic E-state index is 12.9. The first-order valence-electron chi connectivity index (χ1n) is 11.6. The number of hydrogen-bond donors (Lipinski definition) is 2. The van der Waals surface area contributed by atoms with Crippen LogP contribution in [0.15, 0.2) is 59.8 Å². The molecule has 3 aromatic rings. The van der Waals surface area contributed by atoms with Gasteiger partial charge in [0.05, 0.1) is 17.8 Å². The molecule has 7 nitrogen and oxygen atoms in total. The molecule has 0 fully saturated rings. The summed E-state index contributed by atoms with van der Waals surface area (Å²) in [7, 11) is 0. The molecular weight excluding hydrogens is 446 g/mol. The summed E-state index contributed by atoms with van der Waals surface area (Å²) in [5, 5.41) is 15.5. The van der Waals surface area contributed by atoms with E-state index in [1.807, 2.05) is 93.8 Å². The molecule has 0 radical (unpaired) electrons. The zero-order chi connectivity index (χ0) is 24.7. The lowest BCUT2D eigenvalue weighted by molar-refractivity contribution is -0.119. The summed E-state index contributed by atoms with van der Waals surface area (Å²) in [4.78, 5) is 25.4. The molecule has 0 aliphatic heterocycles. The predicted molar refractivity (Wildman–Crippen MR) is 136 cm³/mol. The minimum atomic E-state index is -0.303. The number of nitrogens with zero attached hydrogens (tertiary/aromatic N) is 3. The van der Waals surface area contributed by atoms with Gasteiger partial charge in [-0.15, -0.1) is 10.2 Å². The van der Waals surface area contributed by atoms with Crippen LogP contribution in [-0.4, -0.2) is 32.3 Å². The molecule has 34 heavy (non-hydrogen) atoms. The van der Waals surface area contributed by atoms with Crippen molar-refractivity contribution in [1.29, 1.82) is 0 Å². The Kier molecular flexibility index (Phi) is 8.87. The fourth-order valence-corrected chi connectivity index (χ4v) is 4.45. The van der Waals surface area contributed by atoms with Crippen LogP contribution in [0, 0.1) is 12.8 Å². The molecule has 2 N–H and O–H groups in total. The molecule has 180 valence electrons. The van der Waals surface area contributed by atoms with Gasteiger partial charge in [-0.2, -0.15) is 0 Å². The molecule has 0 saturated heterocycles. The molecule has 0 bridgehead atoms. The third-order valence-electron chi connectivity index (χ3n) is 5.62. The van der Waals surface area contributed by atoms with Crippen LogP contribution in [0.4, 0.5) is 0 Å². The zero-order valence-electron chi connectivity index (χ0n) is 20.4. The Morgan fingerprint density at radius 1 is 0.971 bits per heavy atom. The van der Waals surface area contributed by atoms with Crippen LogP contribution in [0.1, 0.15) is 67.1 Å². The van der Waals surface area contributed by atoms with Gasteiger partial charge in [0.2, 0.25) is 5.91 Å². The fourth-order valence-electron chi connectivity index (χ4n) is 3.63. The second kappa shape index (κ2) is 11.8. The Bertz CT molecular complexity index is 1100. The van der Waals surface area contributed by atoms with E-state index in [9.17, 15) is 9.59 Å². The van der Waals surface area contributed by atoms with Crippen molar-refractivity contribution in [2.75, 3.05) is 5.75 Å². The average Bonchev–Trinajstić information content (AvgIpc) is 3.24. The number of carbonyl (C=O) groups is 2. The first-order valence-corrected chi connectivity index (χ1v) is 12.6. The Morgan fingerprint density at radius 2 is 1.65 bits per heavy atom. The lowest BCUT2D eigenvalue weighted by Gasteiger charge is -2.22. The van der Waals surface area contributed by atoms with E-state index in [0.29, 0.717) is 23.1 Å². The van der Waals surface area contributed by atoms with Gasteiger partial charge >= 0.3 is 0 Å². The highest BCUT2D eigenvalue weighted by Crippen LogP contribution is 2.25. The number of amides is 2. The van der Waals surface area contributed by atoms with Gasteiger partial charge in [0.25, 0.3) is 5.91 Å². The molecular formula is C26H33N5O2S. The monoisotopic (exact) mass is 479 g/mol. The standard InChI is InChI=1S/C26H33N5O2S/c1-6-31-24(23(17(2)3)28-25(33)21-14-12-18(4)13-15-21)29-30-26(31)34-16-22(32)27-19(5)20-10-8-7-9-11-20/h7-15,17,19,23H,6,16H2,1-5H3,(H,27,32)(H,28,33). The van der Waals surface area contributed by atoms with E-state index >= 15 is 0 Å². The summed E-state index contributed by atoms with van der Waals surface area (Å²) >= 11 is 1.35. The van der Waals surface area contributed by atoms with E-state index in [4.69, 9.17) is 0 Å². The first-order chi connectivity index (χ1) is 16.3. The van der Waals surface area contributed by atoms with E-state index in [-0.39, 0.29) is 35.6 Å². The highest BCUT2D eigenvalue weighted by molar-refractivity contribution is 7.99. The van der Waals surface area contributed by atoms with E-state index in [0.717, 1.165) is 11.1 Å². The van der Waals surface area contributed by atoms with Crippen LogP contribution in [0.3, 0.4) is 0 Å². The van der Waals surface area contributed by atoms with Gasteiger partial charge in [-0.1, -0.05) is 73.6 Å². The van der Waals surface area contributed by atoms with Gasteiger partial charge in [-0.3, -0.25) is 9.59 Å². The quantitative estimate of drug-likeness (QED) is 0.411. The minimum absolute atomic E-state index is 0.0679. The molecule has 2 amide bonds. The zero-order valence-corrected chi connectivity index (χ0v) is 21.2. The lowest BCUT2D eigenvalue weighted by atomic mass is 10.0. The first kappa shape index (κ1) is 25.5. The molecule has 0 aliphatic rings. The molecule has 0 spiro atoms. The smallest absolute Gasteiger partial charge is 0.251 e. The maximum Gasteiger partial charge on any atom is 0.251 e. The van der Waals surface area contributed by atoms with Crippen molar-refractivity contribution < 1.29 is 9.59 Å². The number of nitrogens with one attached hydrogen (secondary N) is 2. The van der Waals surface area contributed by atoms with Crippen LogP contribution >= 0.6 is 11.8 Å². The number of rotatable bonds is 10. The van der Waals surface area contributed by atoms with Crippen molar-refractivity contribution in [3.05, 3.63) is 77.1 Å². The molecule has 2 atom stereocenters. The molecule has 8 heteroatoms. The minimum Gasteiger partial charge on any atom is -0.349 e. The van der Waals surface area contributed by atoms with E-state index < -0.39 is 0 Å². The summed E-state index contributed by atoms with van der Waals surface area (Å²) in [6, 6.07) is 17.0. The highest BCUT2D eigenvalue weighted by Gasteiger charge is 2.26. The summed E-state index contributed by atoms with van der Waals surface area (Å²) in [6.45, 7) is 10.7. The Labute approximate surface area is 205 Å². The van der Waals surface area contributed by atoms with Gasteiger partial charge in [-0.05, 0) is 44.4 Å². The van der Waals surface area contributed by atoms with Gasteiger partial charge in [-0.25, -0.2) is 0 Å². The molecule has 0 aliphatic carbocycles. The van der Waals surface area contributed by atoms with E-state index in [1.165, 1.54) is 11.8 Å². The Balaban J connectivity index is 1.68. The predicted octanol–water partition coefficient (Wildman–Crippen LogP) is 4.70. The van der Waals surface area contributed by atoms with Gasteiger partial charge in [0, 0.05) is 12.1 Å². The molecule has 2 unspecified atom stereocenters.